The predicted octanol–water partition coefficient (Wildman–Crippen LogP) is 2.39. The Balaban J connectivity index is 2.00. The van der Waals surface area contributed by atoms with Gasteiger partial charge < -0.3 is 10.4 Å². The van der Waals surface area contributed by atoms with Crippen LogP contribution in [0.3, 0.4) is 0 Å². The van der Waals surface area contributed by atoms with Crippen LogP contribution in [0, 0.1) is 0 Å². The van der Waals surface area contributed by atoms with Gasteiger partial charge in [0.2, 0.25) is 0 Å². The van der Waals surface area contributed by atoms with Gasteiger partial charge in [0, 0.05) is 10.8 Å². The van der Waals surface area contributed by atoms with Crippen LogP contribution in [0.5, 0.6) is 0 Å². The minimum Gasteiger partial charge on any atom is -0.379 e. The van der Waals surface area contributed by atoms with Crippen molar-refractivity contribution in [2.75, 3.05) is 11.5 Å². The first kappa shape index (κ1) is 13.7. The molecule has 2 unspecified atom stereocenters. The van der Waals surface area contributed by atoms with E-state index in [0.717, 1.165) is 11.3 Å². The number of amides is 1. The molecule has 18 heavy (non-hydrogen) atoms. The summed E-state index contributed by atoms with van der Waals surface area (Å²) in [6.45, 7) is 1.90. The van der Waals surface area contributed by atoms with Crippen molar-refractivity contribution in [1.82, 2.24) is 5.32 Å². The van der Waals surface area contributed by atoms with Crippen LogP contribution in [0.25, 0.3) is 0 Å². The number of aliphatic hydroxyl groups is 1. The number of carbonyl (C=O) groups excluding carboxylic acids is 1. The fourth-order valence-electron chi connectivity index (χ4n) is 1.90. The van der Waals surface area contributed by atoms with Crippen molar-refractivity contribution < 1.29 is 9.90 Å². The number of halogens is 1. The Labute approximate surface area is 116 Å². The molecule has 1 fully saturated rings. The second-order valence-corrected chi connectivity index (χ2v) is 6.12. The van der Waals surface area contributed by atoms with Gasteiger partial charge in [-0.05, 0) is 36.8 Å². The van der Waals surface area contributed by atoms with Gasteiger partial charge in [-0.2, -0.15) is 11.8 Å². The molecule has 1 saturated heterocycles. The second-order valence-electron chi connectivity index (χ2n) is 4.58. The predicted molar refractivity (Wildman–Crippen MR) is 74.9 cm³/mol. The number of rotatable bonds is 3. The normalized spacial score (nSPS) is 24.8. The molecule has 3 nitrogen and oxygen atoms in total. The van der Waals surface area contributed by atoms with Crippen LogP contribution in [0.4, 0.5) is 0 Å². The highest BCUT2D eigenvalue weighted by atomic mass is 35.5. The summed E-state index contributed by atoms with van der Waals surface area (Å²) in [5.41, 5.74) is -0.229. The summed E-state index contributed by atoms with van der Waals surface area (Å²) >= 11 is 7.42. The van der Waals surface area contributed by atoms with Gasteiger partial charge in [0.15, 0.2) is 5.60 Å². The Morgan fingerprint density at radius 2 is 2.17 bits per heavy atom. The average molecular weight is 286 g/mol. The fourth-order valence-corrected chi connectivity index (χ4v) is 3.26. The smallest absolute Gasteiger partial charge is 0.253 e. The molecule has 1 aliphatic heterocycles. The van der Waals surface area contributed by atoms with Gasteiger partial charge >= 0.3 is 0 Å². The van der Waals surface area contributed by atoms with Gasteiger partial charge in [-0.15, -0.1) is 0 Å². The van der Waals surface area contributed by atoms with Crippen molar-refractivity contribution in [2.24, 2.45) is 0 Å². The van der Waals surface area contributed by atoms with Crippen LogP contribution in [-0.4, -0.2) is 28.1 Å². The van der Waals surface area contributed by atoms with Crippen LogP contribution < -0.4 is 5.32 Å². The third-order valence-corrected chi connectivity index (χ3v) is 4.57. The fraction of sp³-hybridized carbons (Fsp3) is 0.462. The molecule has 2 N–H and O–H groups in total. The monoisotopic (exact) mass is 285 g/mol. The van der Waals surface area contributed by atoms with E-state index in [-0.39, 0.29) is 11.9 Å². The molecule has 98 valence electrons. The summed E-state index contributed by atoms with van der Waals surface area (Å²) in [6.07, 6.45) is 0.525. The number of thioether (sulfide) groups is 1. The molecule has 1 aromatic rings. The van der Waals surface area contributed by atoms with Crippen LogP contribution in [0.2, 0.25) is 5.02 Å². The zero-order valence-corrected chi connectivity index (χ0v) is 11.7. The highest BCUT2D eigenvalue weighted by Crippen LogP contribution is 2.28. The first-order valence-corrected chi connectivity index (χ1v) is 7.41. The summed E-state index contributed by atoms with van der Waals surface area (Å²) in [7, 11) is 0. The minimum absolute atomic E-state index is 0.135. The largest absolute Gasteiger partial charge is 0.379 e. The highest BCUT2D eigenvalue weighted by molar-refractivity contribution is 7.99. The molecule has 2 atom stereocenters. The number of nitrogens with one attached hydrogen (secondary N) is 1. The van der Waals surface area contributed by atoms with E-state index in [1.165, 1.54) is 0 Å². The highest BCUT2D eigenvalue weighted by Gasteiger charge is 2.39. The molecule has 1 amide bonds. The van der Waals surface area contributed by atoms with E-state index in [1.54, 1.807) is 23.9 Å². The molecule has 0 saturated carbocycles. The molecule has 0 radical (unpaired) electrons. The van der Waals surface area contributed by atoms with E-state index in [0.29, 0.717) is 17.2 Å². The van der Waals surface area contributed by atoms with Crippen LogP contribution in [0.15, 0.2) is 24.3 Å². The minimum atomic E-state index is -1.20. The van der Waals surface area contributed by atoms with Gasteiger partial charge in [-0.1, -0.05) is 23.7 Å². The average Bonchev–Trinajstić information content (AvgIpc) is 2.78. The lowest BCUT2D eigenvalue weighted by molar-refractivity contribution is -0.137. The molecular weight excluding hydrogens is 270 g/mol. The topological polar surface area (TPSA) is 49.3 Å². The van der Waals surface area contributed by atoms with E-state index >= 15 is 0 Å². The van der Waals surface area contributed by atoms with Gasteiger partial charge in [-0.25, -0.2) is 0 Å². The third kappa shape index (κ3) is 2.99. The van der Waals surface area contributed by atoms with Gasteiger partial charge in [0.05, 0.1) is 6.04 Å². The molecule has 0 aromatic heterocycles. The Morgan fingerprint density at radius 3 is 2.72 bits per heavy atom. The molecule has 0 spiro atoms. The summed E-state index contributed by atoms with van der Waals surface area (Å²) in [5, 5.41) is 13.7. The first-order chi connectivity index (χ1) is 8.51. The Kier molecular flexibility index (Phi) is 4.20. The summed E-state index contributed by atoms with van der Waals surface area (Å²) < 4.78 is 0. The van der Waals surface area contributed by atoms with Crippen molar-refractivity contribution >= 4 is 29.3 Å². The number of benzene rings is 1. The molecule has 5 heteroatoms. The molecule has 1 aliphatic rings. The van der Waals surface area contributed by atoms with Crippen molar-refractivity contribution in [1.29, 1.82) is 0 Å². The van der Waals surface area contributed by atoms with Crippen LogP contribution in [0.1, 0.15) is 24.9 Å². The van der Waals surface area contributed by atoms with Crippen molar-refractivity contribution in [3.63, 3.8) is 0 Å². The molecule has 0 bridgehead atoms. The zero-order chi connectivity index (χ0) is 13.2. The van der Waals surface area contributed by atoms with E-state index in [9.17, 15) is 9.90 Å². The maximum absolute atomic E-state index is 12.0. The molecule has 1 heterocycles. The van der Waals surface area contributed by atoms with Gasteiger partial charge in [0.1, 0.15) is 0 Å². The summed E-state index contributed by atoms with van der Waals surface area (Å²) in [4.78, 5) is 12.0. The zero-order valence-electron chi connectivity index (χ0n) is 10.1. The Bertz CT molecular complexity index is 429. The van der Waals surface area contributed by atoms with Crippen LogP contribution in [-0.2, 0) is 4.79 Å². The lowest BCUT2D eigenvalue weighted by atomic mass is 10.0. The van der Waals surface area contributed by atoms with Crippen molar-refractivity contribution in [3.05, 3.63) is 34.9 Å². The lowest BCUT2D eigenvalue weighted by Gasteiger charge is -2.23. The summed E-state index contributed by atoms with van der Waals surface area (Å²) in [5.74, 6) is 1.03. The molecular formula is C13H16ClNO2S. The van der Waals surface area contributed by atoms with E-state index < -0.39 is 5.60 Å². The maximum atomic E-state index is 12.0. The third-order valence-electron chi connectivity index (χ3n) is 3.14. The van der Waals surface area contributed by atoms with Crippen LogP contribution >= 0.6 is 23.4 Å². The Morgan fingerprint density at radius 1 is 1.50 bits per heavy atom. The number of carbonyl (C=O) groups is 1. The standard InChI is InChI=1S/C13H16ClNO2S/c1-9(10-2-4-11(14)5-3-10)15-12(16)13(17)6-7-18-8-13/h2-5,9,17H,6-8H2,1H3,(H,15,16). The summed E-state index contributed by atoms with van der Waals surface area (Å²) in [6, 6.07) is 7.20. The first-order valence-electron chi connectivity index (χ1n) is 5.88. The lowest BCUT2D eigenvalue weighted by Crippen LogP contribution is -2.47. The van der Waals surface area contributed by atoms with E-state index in [2.05, 4.69) is 5.32 Å². The quantitative estimate of drug-likeness (QED) is 0.896. The van der Waals surface area contributed by atoms with Crippen molar-refractivity contribution in [3.8, 4) is 0 Å². The molecule has 1 aromatic carbocycles. The molecule has 0 aliphatic carbocycles. The van der Waals surface area contributed by atoms with E-state index in [1.807, 2.05) is 19.1 Å². The number of hydrogen-bond acceptors (Lipinski definition) is 3. The van der Waals surface area contributed by atoms with Gasteiger partial charge in [-0.3, -0.25) is 4.79 Å². The SMILES string of the molecule is CC(NC(=O)C1(O)CCSC1)c1ccc(Cl)cc1. The van der Waals surface area contributed by atoms with E-state index in [4.69, 9.17) is 11.6 Å². The van der Waals surface area contributed by atoms with Crippen molar-refractivity contribution in [2.45, 2.75) is 25.0 Å². The number of hydrogen-bond donors (Lipinski definition) is 2. The second kappa shape index (κ2) is 5.51. The maximum Gasteiger partial charge on any atom is 0.253 e. The van der Waals surface area contributed by atoms with Gasteiger partial charge in [0.25, 0.3) is 5.91 Å². The molecule has 2 rings (SSSR count). The Hall–Kier alpha value is -0.710.